The van der Waals surface area contributed by atoms with E-state index in [9.17, 15) is 9.90 Å². The van der Waals surface area contributed by atoms with Gasteiger partial charge < -0.3 is 20.1 Å². The molecule has 2 N–H and O–H groups in total. The second kappa shape index (κ2) is 7.71. The summed E-state index contributed by atoms with van der Waals surface area (Å²) < 4.78 is 5.16. The van der Waals surface area contributed by atoms with E-state index >= 15 is 0 Å². The number of ether oxygens (including phenoxy) is 1. The highest BCUT2D eigenvalue weighted by Crippen LogP contribution is 2.17. The zero-order chi connectivity index (χ0) is 13.5. The first-order valence-electron chi connectivity index (χ1n) is 6.73. The van der Waals surface area contributed by atoms with Crippen LogP contribution in [-0.2, 0) is 9.53 Å². The van der Waals surface area contributed by atoms with Gasteiger partial charge in [0, 0.05) is 26.3 Å². The molecule has 0 saturated carbocycles. The number of piperidine rings is 1. The smallest absolute Gasteiger partial charge is 0.322 e. The molecule has 1 saturated heterocycles. The van der Waals surface area contributed by atoms with E-state index in [-0.39, 0.29) is 6.04 Å². The lowest BCUT2D eigenvalue weighted by atomic mass is 9.97. The fourth-order valence-electron chi connectivity index (χ4n) is 2.43. The molecule has 5 heteroatoms. The first-order chi connectivity index (χ1) is 8.52. The Balaban J connectivity index is 2.35. The molecule has 0 aromatic heterocycles. The van der Waals surface area contributed by atoms with Crippen molar-refractivity contribution in [3.8, 4) is 0 Å². The monoisotopic (exact) mass is 258 g/mol. The minimum Gasteiger partial charge on any atom is -0.480 e. The highest BCUT2D eigenvalue weighted by atomic mass is 16.5. The molecule has 0 aromatic carbocycles. The summed E-state index contributed by atoms with van der Waals surface area (Å²) in [6.07, 6.45) is 2.20. The van der Waals surface area contributed by atoms with Crippen molar-refractivity contribution in [3.05, 3.63) is 0 Å². The molecule has 0 aliphatic carbocycles. The average Bonchev–Trinajstić information content (AvgIpc) is 2.30. The number of rotatable bonds is 7. The van der Waals surface area contributed by atoms with E-state index < -0.39 is 12.0 Å². The molecule has 1 heterocycles. The van der Waals surface area contributed by atoms with Gasteiger partial charge in [-0.15, -0.1) is 0 Å². The van der Waals surface area contributed by atoms with Crippen LogP contribution >= 0.6 is 0 Å². The Morgan fingerprint density at radius 3 is 2.50 bits per heavy atom. The average molecular weight is 258 g/mol. The van der Waals surface area contributed by atoms with Crippen molar-refractivity contribution in [2.24, 2.45) is 5.92 Å². The summed E-state index contributed by atoms with van der Waals surface area (Å²) in [5.74, 6) is -0.129. The number of carbonyl (C=O) groups is 1. The van der Waals surface area contributed by atoms with Crippen LogP contribution < -0.4 is 5.32 Å². The number of hydrogen-bond acceptors (Lipinski definition) is 4. The molecular formula is C13H26N2O3. The fraction of sp³-hybridized carbons (Fsp3) is 0.923. The van der Waals surface area contributed by atoms with E-state index in [1.807, 2.05) is 13.8 Å². The maximum Gasteiger partial charge on any atom is 0.322 e. The van der Waals surface area contributed by atoms with Crippen LogP contribution in [0.3, 0.4) is 0 Å². The summed E-state index contributed by atoms with van der Waals surface area (Å²) in [5.41, 5.74) is 0. The lowest BCUT2D eigenvalue weighted by Gasteiger charge is -2.33. The molecule has 0 bridgehead atoms. The summed E-state index contributed by atoms with van der Waals surface area (Å²) in [6, 6.07) is -0.277. The maximum absolute atomic E-state index is 11.2. The largest absolute Gasteiger partial charge is 0.480 e. The molecule has 0 aromatic rings. The van der Waals surface area contributed by atoms with Crippen molar-refractivity contribution in [3.63, 3.8) is 0 Å². The predicted molar refractivity (Wildman–Crippen MR) is 70.7 cm³/mol. The van der Waals surface area contributed by atoms with Gasteiger partial charge in [-0.3, -0.25) is 4.79 Å². The van der Waals surface area contributed by atoms with Crippen molar-refractivity contribution in [2.45, 2.75) is 38.8 Å². The third-order valence-corrected chi connectivity index (χ3v) is 3.38. The van der Waals surface area contributed by atoms with E-state index in [2.05, 4.69) is 10.2 Å². The highest BCUT2D eigenvalue weighted by Gasteiger charge is 2.25. The van der Waals surface area contributed by atoms with Crippen molar-refractivity contribution < 1.29 is 14.6 Å². The van der Waals surface area contributed by atoms with Gasteiger partial charge in [-0.25, -0.2) is 0 Å². The highest BCUT2D eigenvalue weighted by molar-refractivity contribution is 5.73. The van der Waals surface area contributed by atoms with Crippen LogP contribution in [0.15, 0.2) is 0 Å². The fourth-order valence-corrected chi connectivity index (χ4v) is 2.43. The van der Waals surface area contributed by atoms with Gasteiger partial charge in [0.15, 0.2) is 0 Å². The van der Waals surface area contributed by atoms with E-state index in [1.165, 1.54) is 0 Å². The molecule has 0 radical (unpaired) electrons. The normalized spacial score (nSPS) is 20.2. The van der Waals surface area contributed by atoms with Gasteiger partial charge in [0.2, 0.25) is 0 Å². The van der Waals surface area contributed by atoms with Crippen molar-refractivity contribution >= 4 is 5.97 Å². The molecule has 1 aliphatic heterocycles. The maximum atomic E-state index is 11.2. The van der Waals surface area contributed by atoms with E-state index in [1.54, 1.807) is 7.11 Å². The number of aliphatic carboxylic acids is 1. The Morgan fingerprint density at radius 1 is 1.44 bits per heavy atom. The second-order valence-corrected chi connectivity index (χ2v) is 5.41. The Kier molecular flexibility index (Phi) is 6.60. The number of nitrogens with zero attached hydrogens (tertiary/aromatic N) is 1. The van der Waals surface area contributed by atoms with Crippen molar-refractivity contribution in [1.82, 2.24) is 10.2 Å². The Hall–Kier alpha value is -0.650. The van der Waals surface area contributed by atoms with Gasteiger partial charge in [-0.1, -0.05) is 13.8 Å². The summed E-state index contributed by atoms with van der Waals surface area (Å²) in [4.78, 5) is 13.4. The van der Waals surface area contributed by atoms with Crippen LogP contribution in [-0.4, -0.2) is 61.4 Å². The molecule has 1 fully saturated rings. The Labute approximate surface area is 109 Å². The number of carboxylic acids is 1. The summed E-state index contributed by atoms with van der Waals surface area (Å²) >= 11 is 0. The third kappa shape index (κ3) is 5.33. The molecule has 0 spiro atoms. The van der Waals surface area contributed by atoms with E-state index in [0.29, 0.717) is 12.5 Å². The lowest BCUT2D eigenvalue weighted by Crippen LogP contribution is -2.50. The zero-order valence-corrected chi connectivity index (χ0v) is 11.7. The first-order valence-corrected chi connectivity index (χ1v) is 6.73. The molecule has 0 amide bonds. The second-order valence-electron chi connectivity index (χ2n) is 5.41. The summed E-state index contributed by atoms with van der Waals surface area (Å²) in [7, 11) is 1.74. The Morgan fingerprint density at radius 2 is 2.06 bits per heavy atom. The van der Waals surface area contributed by atoms with Crippen LogP contribution in [0.1, 0.15) is 26.7 Å². The number of nitrogens with one attached hydrogen (secondary N) is 1. The quantitative estimate of drug-likeness (QED) is 0.707. The molecule has 1 atom stereocenters. The standard InChI is InChI=1S/C13H26N2O3/c1-10(2)14-12(13(16)17)8-15-6-4-11(5-7-15)9-18-3/h10-12,14H,4-9H2,1-3H3,(H,16,17). The van der Waals surface area contributed by atoms with E-state index in [0.717, 1.165) is 32.5 Å². The van der Waals surface area contributed by atoms with Gasteiger partial charge in [-0.05, 0) is 31.8 Å². The molecule has 5 nitrogen and oxygen atoms in total. The predicted octanol–water partition coefficient (Wildman–Crippen LogP) is 0.796. The lowest BCUT2D eigenvalue weighted by molar-refractivity contribution is -0.140. The minimum atomic E-state index is -0.761. The number of likely N-dealkylation sites (tertiary alicyclic amines) is 1. The Bertz CT molecular complexity index is 251. The van der Waals surface area contributed by atoms with Gasteiger partial charge in [-0.2, -0.15) is 0 Å². The zero-order valence-electron chi connectivity index (χ0n) is 11.7. The van der Waals surface area contributed by atoms with Gasteiger partial charge in [0.1, 0.15) is 6.04 Å². The molecular weight excluding hydrogens is 232 g/mol. The van der Waals surface area contributed by atoms with E-state index in [4.69, 9.17) is 4.74 Å². The molecule has 1 rings (SSSR count). The number of methoxy groups -OCH3 is 1. The summed E-state index contributed by atoms with van der Waals surface area (Å²) in [6.45, 7) is 7.30. The van der Waals surface area contributed by atoms with Crippen LogP contribution in [0.25, 0.3) is 0 Å². The van der Waals surface area contributed by atoms with Crippen molar-refractivity contribution in [1.29, 1.82) is 0 Å². The van der Waals surface area contributed by atoms with Crippen LogP contribution in [0.4, 0.5) is 0 Å². The number of hydrogen-bond donors (Lipinski definition) is 2. The number of carboxylic acid groups (broad SMARTS) is 1. The first kappa shape index (κ1) is 15.4. The minimum absolute atomic E-state index is 0.192. The molecule has 106 valence electrons. The molecule has 1 aliphatic rings. The van der Waals surface area contributed by atoms with Gasteiger partial charge >= 0.3 is 5.97 Å². The third-order valence-electron chi connectivity index (χ3n) is 3.38. The van der Waals surface area contributed by atoms with Gasteiger partial charge in [0.05, 0.1) is 0 Å². The van der Waals surface area contributed by atoms with Crippen molar-refractivity contribution in [2.75, 3.05) is 33.4 Å². The van der Waals surface area contributed by atoms with Gasteiger partial charge in [0.25, 0.3) is 0 Å². The topological polar surface area (TPSA) is 61.8 Å². The molecule has 18 heavy (non-hydrogen) atoms. The van der Waals surface area contributed by atoms with Crippen LogP contribution in [0.2, 0.25) is 0 Å². The van der Waals surface area contributed by atoms with Crippen LogP contribution in [0, 0.1) is 5.92 Å². The molecule has 1 unspecified atom stereocenters. The van der Waals surface area contributed by atoms with Crippen LogP contribution in [0.5, 0.6) is 0 Å². The summed E-state index contributed by atoms with van der Waals surface area (Å²) in [5, 5.41) is 12.3. The SMILES string of the molecule is COCC1CCN(CC(NC(C)C)C(=O)O)CC1.